The van der Waals surface area contributed by atoms with Gasteiger partial charge in [0.05, 0.1) is 4.92 Å². The molecule has 0 bridgehead atoms. The zero-order valence-electron chi connectivity index (χ0n) is 14.4. The molecule has 0 saturated heterocycles. The maximum Gasteiger partial charge on any atom is 0.301 e. The molecule has 9 heteroatoms. The van der Waals surface area contributed by atoms with Crippen LogP contribution in [0, 0.1) is 10.1 Å². The first-order valence-electron chi connectivity index (χ1n) is 7.96. The number of anilines is 1. The lowest BCUT2D eigenvalue weighted by Crippen LogP contribution is -2.35. The number of nitrogens with zero attached hydrogens (tertiary/aromatic N) is 2. The second kappa shape index (κ2) is 8.07. The normalized spacial score (nSPS) is 11.3. The summed E-state index contributed by atoms with van der Waals surface area (Å²) >= 11 is 0. The summed E-state index contributed by atoms with van der Waals surface area (Å²) in [7, 11) is -3.97. The Morgan fingerprint density at radius 1 is 1.08 bits per heavy atom. The molecule has 0 saturated carbocycles. The Balaban J connectivity index is 2.47. The molecule has 0 fully saturated rings. The Morgan fingerprint density at radius 3 is 2.23 bits per heavy atom. The molecule has 0 unspecified atom stereocenters. The van der Waals surface area contributed by atoms with Crippen molar-refractivity contribution in [1.29, 1.82) is 0 Å². The standard InChI is InChI=1S/C17H19N3O5S/c1-3-19(4-2)26(24,25)18-15-12-14(10-11-16(15)20(22)23)17(21)13-8-6-5-7-9-13/h5-12,18H,3-4H2,1-2H3. The zero-order valence-corrected chi connectivity index (χ0v) is 15.2. The number of hydrogen-bond acceptors (Lipinski definition) is 5. The van der Waals surface area contributed by atoms with Gasteiger partial charge in [0.25, 0.3) is 5.69 Å². The summed E-state index contributed by atoms with van der Waals surface area (Å²) in [4.78, 5) is 23.1. The van der Waals surface area contributed by atoms with Crippen molar-refractivity contribution in [1.82, 2.24) is 4.31 Å². The van der Waals surface area contributed by atoms with Gasteiger partial charge in [-0.05, 0) is 12.1 Å². The van der Waals surface area contributed by atoms with E-state index in [4.69, 9.17) is 0 Å². The third-order valence-corrected chi connectivity index (χ3v) is 5.45. The first-order chi connectivity index (χ1) is 12.3. The van der Waals surface area contributed by atoms with Crippen LogP contribution >= 0.6 is 0 Å². The number of carbonyl (C=O) groups is 1. The molecule has 2 rings (SSSR count). The van der Waals surface area contributed by atoms with Gasteiger partial charge in [-0.3, -0.25) is 19.6 Å². The Kier molecular flexibility index (Phi) is 6.06. The maximum atomic E-state index is 12.5. The average molecular weight is 377 g/mol. The number of carbonyl (C=O) groups excluding carboxylic acids is 1. The van der Waals surface area contributed by atoms with E-state index < -0.39 is 20.8 Å². The van der Waals surface area contributed by atoms with Gasteiger partial charge in [0.1, 0.15) is 5.69 Å². The zero-order chi connectivity index (χ0) is 19.3. The van der Waals surface area contributed by atoms with Crippen LogP contribution in [0.5, 0.6) is 0 Å². The van der Waals surface area contributed by atoms with E-state index in [1.54, 1.807) is 44.2 Å². The summed E-state index contributed by atoms with van der Waals surface area (Å²) in [6.45, 7) is 3.74. The van der Waals surface area contributed by atoms with Crippen molar-refractivity contribution in [2.24, 2.45) is 0 Å². The van der Waals surface area contributed by atoms with Crippen molar-refractivity contribution >= 4 is 27.4 Å². The minimum Gasteiger partial charge on any atom is -0.289 e. The molecule has 0 amide bonds. The molecule has 0 heterocycles. The molecule has 1 N–H and O–H groups in total. The maximum absolute atomic E-state index is 12.5. The minimum atomic E-state index is -3.97. The molecule has 0 aliphatic heterocycles. The van der Waals surface area contributed by atoms with Crippen LogP contribution in [-0.4, -0.2) is 36.5 Å². The number of hydrogen-bond donors (Lipinski definition) is 1. The lowest BCUT2D eigenvalue weighted by atomic mass is 10.0. The highest BCUT2D eigenvalue weighted by Crippen LogP contribution is 2.28. The van der Waals surface area contributed by atoms with Gasteiger partial charge in [-0.15, -0.1) is 0 Å². The van der Waals surface area contributed by atoms with E-state index >= 15 is 0 Å². The molecule has 0 aliphatic rings. The third kappa shape index (κ3) is 4.24. The highest BCUT2D eigenvalue weighted by atomic mass is 32.2. The number of nitrogens with one attached hydrogen (secondary N) is 1. The van der Waals surface area contributed by atoms with Crippen molar-refractivity contribution in [2.75, 3.05) is 17.8 Å². The van der Waals surface area contributed by atoms with Gasteiger partial charge in [0.2, 0.25) is 0 Å². The van der Waals surface area contributed by atoms with Gasteiger partial charge in [0, 0.05) is 30.3 Å². The van der Waals surface area contributed by atoms with Crippen molar-refractivity contribution in [2.45, 2.75) is 13.8 Å². The minimum absolute atomic E-state index is 0.152. The summed E-state index contributed by atoms with van der Waals surface area (Å²) in [6, 6.07) is 12.0. The molecule has 8 nitrogen and oxygen atoms in total. The van der Waals surface area contributed by atoms with E-state index in [1.165, 1.54) is 12.1 Å². The van der Waals surface area contributed by atoms with E-state index in [2.05, 4.69) is 4.72 Å². The van der Waals surface area contributed by atoms with E-state index in [-0.39, 0.29) is 30.1 Å². The second-order valence-corrected chi connectivity index (χ2v) is 7.05. The van der Waals surface area contributed by atoms with E-state index in [1.807, 2.05) is 0 Å². The Labute approximate surface area is 151 Å². The highest BCUT2D eigenvalue weighted by molar-refractivity contribution is 7.90. The summed E-state index contributed by atoms with van der Waals surface area (Å²) < 4.78 is 28.1. The molecule has 2 aromatic rings. The van der Waals surface area contributed by atoms with Crippen LogP contribution in [0.3, 0.4) is 0 Å². The molecule has 0 spiro atoms. The molecule has 0 aromatic heterocycles. The summed E-state index contributed by atoms with van der Waals surface area (Å²) in [5, 5.41) is 11.2. The third-order valence-electron chi connectivity index (χ3n) is 3.78. The van der Waals surface area contributed by atoms with Crippen LogP contribution in [0.2, 0.25) is 0 Å². The molecular weight excluding hydrogens is 358 g/mol. The fourth-order valence-electron chi connectivity index (χ4n) is 2.44. The van der Waals surface area contributed by atoms with E-state index in [0.29, 0.717) is 5.56 Å². The second-order valence-electron chi connectivity index (χ2n) is 5.38. The monoisotopic (exact) mass is 377 g/mol. The van der Waals surface area contributed by atoms with Crippen molar-refractivity contribution in [3.05, 3.63) is 69.8 Å². The van der Waals surface area contributed by atoms with Crippen LogP contribution in [0.1, 0.15) is 29.8 Å². The quantitative estimate of drug-likeness (QED) is 0.432. The Morgan fingerprint density at radius 2 is 1.69 bits per heavy atom. The van der Waals surface area contributed by atoms with Crippen molar-refractivity contribution in [3.63, 3.8) is 0 Å². The molecule has 0 radical (unpaired) electrons. The van der Waals surface area contributed by atoms with Crippen LogP contribution in [0.15, 0.2) is 48.5 Å². The highest BCUT2D eigenvalue weighted by Gasteiger charge is 2.24. The fraction of sp³-hybridized carbons (Fsp3) is 0.235. The predicted octanol–water partition coefficient (Wildman–Crippen LogP) is 2.82. The van der Waals surface area contributed by atoms with Crippen LogP contribution in [0.4, 0.5) is 11.4 Å². The fourth-order valence-corrected chi connectivity index (χ4v) is 3.69. The van der Waals surface area contributed by atoms with Crippen molar-refractivity contribution < 1.29 is 18.1 Å². The summed E-state index contributed by atoms with van der Waals surface area (Å²) in [5.74, 6) is -0.358. The van der Waals surface area contributed by atoms with Gasteiger partial charge in [0.15, 0.2) is 5.78 Å². The Hall–Kier alpha value is -2.78. The first kappa shape index (κ1) is 19.5. The van der Waals surface area contributed by atoms with Crippen LogP contribution < -0.4 is 4.72 Å². The number of nitro benzene ring substituents is 1. The van der Waals surface area contributed by atoms with Gasteiger partial charge in [-0.1, -0.05) is 44.2 Å². The molecule has 0 aliphatic carbocycles. The Bertz CT molecular complexity index is 909. The smallest absolute Gasteiger partial charge is 0.289 e. The van der Waals surface area contributed by atoms with Gasteiger partial charge in [-0.2, -0.15) is 12.7 Å². The number of rotatable bonds is 8. The van der Waals surface area contributed by atoms with Crippen LogP contribution in [0.25, 0.3) is 0 Å². The SMILES string of the molecule is CCN(CC)S(=O)(=O)Nc1cc(C(=O)c2ccccc2)ccc1[N+](=O)[O-]. The average Bonchev–Trinajstić information content (AvgIpc) is 2.62. The largest absolute Gasteiger partial charge is 0.301 e. The molecule has 2 aromatic carbocycles. The molecule has 138 valence electrons. The van der Waals surface area contributed by atoms with E-state index in [0.717, 1.165) is 10.4 Å². The lowest BCUT2D eigenvalue weighted by Gasteiger charge is -2.19. The lowest BCUT2D eigenvalue weighted by molar-refractivity contribution is -0.383. The summed E-state index contributed by atoms with van der Waals surface area (Å²) in [5.41, 5.74) is -0.119. The molecule has 0 atom stereocenters. The van der Waals surface area contributed by atoms with Gasteiger partial charge < -0.3 is 0 Å². The molecular formula is C17H19N3O5S. The number of ketones is 1. The van der Waals surface area contributed by atoms with Crippen LogP contribution in [-0.2, 0) is 10.2 Å². The first-order valence-corrected chi connectivity index (χ1v) is 9.40. The predicted molar refractivity (Wildman–Crippen MR) is 98.4 cm³/mol. The van der Waals surface area contributed by atoms with Crippen molar-refractivity contribution in [3.8, 4) is 0 Å². The topological polar surface area (TPSA) is 110 Å². The van der Waals surface area contributed by atoms with Gasteiger partial charge in [-0.25, -0.2) is 0 Å². The van der Waals surface area contributed by atoms with Gasteiger partial charge >= 0.3 is 10.2 Å². The van der Waals surface area contributed by atoms with E-state index in [9.17, 15) is 23.3 Å². The summed E-state index contributed by atoms with van der Waals surface area (Å²) in [6.07, 6.45) is 0. The number of nitro groups is 1. The molecule has 26 heavy (non-hydrogen) atoms. The number of benzene rings is 2.